The summed E-state index contributed by atoms with van der Waals surface area (Å²) in [5.41, 5.74) is 5.18. The van der Waals surface area contributed by atoms with Crippen molar-refractivity contribution in [1.82, 2.24) is 19.8 Å². The monoisotopic (exact) mass is 438 g/mol. The van der Waals surface area contributed by atoms with Crippen LogP contribution in [0.3, 0.4) is 0 Å². The second-order valence-corrected chi connectivity index (χ2v) is 9.79. The van der Waals surface area contributed by atoms with Crippen LogP contribution < -0.4 is 5.32 Å². The highest BCUT2D eigenvalue weighted by molar-refractivity contribution is 7.80. The van der Waals surface area contributed by atoms with Crippen molar-refractivity contribution in [2.45, 2.75) is 83.0 Å². The third-order valence-electron chi connectivity index (χ3n) is 7.40. The van der Waals surface area contributed by atoms with E-state index in [0.717, 1.165) is 36.8 Å². The van der Waals surface area contributed by atoms with Gasteiger partial charge in [0, 0.05) is 36.8 Å². The molecule has 3 atom stereocenters. The summed E-state index contributed by atoms with van der Waals surface area (Å²) in [6, 6.07) is 9.38. The smallest absolute Gasteiger partial charge is 0.170 e. The molecule has 2 aromatic rings. The van der Waals surface area contributed by atoms with E-state index >= 15 is 0 Å². The van der Waals surface area contributed by atoms with Crippen LogP contribution in [-0.2, 0) is 4.74 Å². The van der Waals surface area contributed by atoms with Gasteiger partial charge in [0.25, 0.3) is 0 Å². The molecule has 0 amide bonds. The summed E-state index contributed by atoms with van der Waals surface area (Å²) in [6.45, 7) is 6.28. The molecule has 5 nitrogen and oxygen atoms in total. The van der Waals surface area contributed by atoms with E-state index in [4.69, 9.17) is 21.9 Å². The Bertz CT molecular complexity index is 915. The molecule has 1 N–H and O–H groups in total. The minimum absolute atomic E-state index is 0.0513. The van der Waals surface area contributed by atoms with Crippen LogP contribution in [0.5, 0.6) is 0 Å². The summed E-state index contributed by atoms with van der Waals surface area (Å²) in [5, 5.41) is 4.43. The van der Waals surface area contributed by atoms with Crippen molar-refractivity contribution < 1.29 is 4.74 Å². The zero-order chi connectivity index (χ0) is 21.4. The molecule has 3 fully saturated rings. The molecule has 0 spiro atoms. The normalized spacial score (nSPS) is 27.1. The Morgan fingerprint density at radius 3 is 2.68 bits per heavy atom. The predicted molar refractivity (Wildman–Crippen MR) is 127 cm³/mol. The van der Waals surface area contributed by atoms with E-state index in [-0.39, 0.29) is 18.2 Å². The number of hydrogen-bond donors (Lipinski definition) is 1. The van der Waals surface area contributed by atoms with Crippen molar-refractivity contribution >= 4 is 17.3 Å². The molecule has 0 bridgehead atoms. The minimum atomic E-state index is 0.0513. The second kappa shape index (κ2) is 8.91. The van der Waals surface area contributed by atoms with Gasteiger partial charge in [-0.25, -0.2) is 0 Å². The van der Waals surface area contributed by atoms with Crippen LogP contribution in [0.4, 0.5) is 0 Å². The lowest BCUT2D eigenvalue weighted by atomic mass is 9.94. The topological polar surface area (TPSA) is 42.3 Å². The summed E-state index contributed by atoms with van der Waals surface area (Å²) < 4.78 is 8.60. The third kappa shape index (κ3) is 4.00. The molecule has 166 valence electrons. The maximum Gasteiger partial charge on any atom is 0.170 e. The van der Waals surface area contributed by atoms with Gasteiger partial charge < -0.3 is 19.5 Å². The lowest BCUT2D eigenvalue weighted by Crippen LogP contribution is -2.36. The SMILES string of the molecule is Cc1cc(C2C(c3ccccn3)NC(=S)N2CC2CCCO2)c(C)n1C1CCCCC1. The summed E-state index contributed by atoms with van der Waals surface area (Å²) in [6.07, 6.45) is 11.0. The standard InChI is InChI=1S/C25H34N4OS/c1-17-15-21(18(2)29(17)19-9-4-3-5-10-19)24-23(22-12-6-7-13-26-22)27-25(31)28(24)16-20-11-8-14-30-20/h6-7,12-13,15,19-20,23-24H,3-5,8-11,14,16H2,1-2H3,(H,27,31). The maximum atomic E-state index is 5.99. The Labute approximate surface area is 191 Å². The van der Waals surface area contributed by atoms with Crippen LogP contribution in [0.15, 0.2) is 30.5 Å². The quantitative estimate of drug-likeness (QED) is 0.654. The molecule has 1 saturated carbocycles. The lowest BCUT2D eigenvalue weighted by molar-refractivity contribution is 0.0841. The summed E-state index contributed by atoms with van der Waals surface area (Å²) in [4.78, 5) is 7.07. The molecular formula is C25H34N4OS. The van der Waals surface area contributed by atoms with Gasteiger partial charge in [-0.3, -0.25) is 4.98 Å². The number of nitrogens with one attached hydrogen (secondary N) is 1. The van der Waals surface area contributed by atoms with Crippen LogP contribution >= 0.6 is 12.2 Å². The van der Waals surface area contributed by atoms with Crippen molar-refractivity contribution in [2.24, 2.45) is 0 Å². The Balaban J connectivity index is 1.54. The first-order chi connectivity index (χ1) is 15.1. The van der Waals surface area contributed by atoms with Crippen molar-refractivity contribution in [3.63, 3.8) is 0 Å². The molecular weight excluding hydrogens is 404 g/mol. The minimum Gasteiger partial charge on any atom is -0.376 e. The number of nitrogens with zero attached hydrogens (tertiary/aromatic N) is 3. The van der Waals surface area contributed by atoms with E-state index < -0.39 is 0 Å². The third-order valence-corrected chi connectivity index (χ3v) is 7.76. The van der Waals surface area contributed by atoms with Crippen molar-refractivity contribution in [3.8, 4) is 0 Å². The number of pyridine rings is 1. The molecule has 1 aliphatic carbocycles. The average molecular weight is 439 g/mol. The van der Waals surface area contributed by atoms with Crippen LogP contribution in [0, 0.1) is 13.8 Å². The van der Waals surface area contributed by atoms with Crippen molar-refractivity contribution in [2.75, 3.05) is 13.2 Å². The highest BCUT2D eigenvalue weighted by Crippen LogP contribution is 2.43. The van der Waals surface area contributed by atoms with Gasteiger partial charge in [-0.05, 0) is 75.5 Å². The van der Waals surface area contributed by atoms with Crippen molar-refractivity contribution in [3.05, 3.63) is 53.1 Å². The van der Waals surface area contributed by atoms with Gasteiger partial charge in [0.15, 0.2) is 5.11 Å². The first kappa shape index (κ1) is 21.0. The van der Waals surface area contributed by atoms with Gasteiger partial charge >= 0.3 is 0 Å². The van der Waals surface area contributed by atoms with Gasteiger partial charge in [-0.1, -0.05) is 25.3 Å². The van der Waals surface area contributed by atoms with Crippen LogP contribution in [0.25, 0.3) is 0 Å². The number of rotatable bonds is 5. The first-order valence-corrected chi connectivity index (χ1v) is 12.3. The fourth-order valence-electron chi connectivity index (χ4n) is 5.95. The number of ether oxygens (including phenoxy) is 1. The molecule has 6 heteroatoms. The lowest BCUT2D eigenvalue weighted by Gasteiger charge is -2.31. The molecule has 31 heavy (non-hydrogen) atoms. The molecule has 2 saturated heterocycles. The molecule has 2 aromatic heterocycles. The van der Waals surface area contributed by atoms with E-state index in [1.807, 2.05) is 12.3 Å². The van der Waals surface area contributed by atoms with Crippen molar-refractivity contribution in [1.29, 1.82) is 0 Å². The fraction of sp³-hybridized carbons (Fsp3) is 0.600. The molecule has 2 aliphatic heterocycles. The first-order valence-electron chi connectivity index (χ1n) is 11.9. The second-order valence-electron chi connectivity index (χ2n) is 9.40. The molecule has 0 aromatic carbocycles. The van der Waals surface area contributed by atoms with Crippen LogP contribution in [0.1, 0.15) is 85.7 Å². The van der Waals surface area contributed by atoms with Gasteiger partial charge in [0.2, 0.25) is 0 Å². The van der Waals surface area contributed by atoms with Gasteiger partial charge in [0.05, 0.1) is 23.9 Å². The van der Waals surface area contributed by atoms with E-state index in [1.165, 1.54) is 49.1 Å². The molecule has 3 unspecified atom stereocenters. The number of thiocarbonyl (C=S) groups is 1. The number of aryl methyl sites for hydroxylation is 1. The summed E-state index contributed by atoms with van der Waals surface area (Å²) in [5.74, 6) is 0. The Hall–Kier alpha value is -1.92. The van der Waals surface area contributed by atoms with Crippen LogP contribution in [0.2, 0.25) is 0 Å². The molecule has 3 aliphatic rings. The molecule has 0 radical (unpaired) electrons. The Kier molecular flexibility index (Phi) is 6.02. The van der Waals surface area contributed by atoms with Gasteiger partial charge in [0.1, 0.15) is 0 Å². The van der Waals surface area contributed by atoms with Crippen LogP contribution in [-0.4, -0.2) is 38.8 Å². The Morgan fingerprint density at radius 2 is 1.97 bits per heavy atom. The summed E-state index contributed by atoms with van der Waals surface area (Å²) in [7, 11) is 0. The highest BCUT2D eigenvalue weighted by atomic mass is 32.1. The van der Waals surface area contributed by atoms with E-state index in [9.17, 15) is 0 Å². The van der Waals surface area contributed by atoms with Gasteiger partial charge in [-0.15, -0.1) is 0 Å². The zero-order valence-electron chi connectivity index (χ0n) is 18.7. The average Bonchev–Trinajstić information content (AvgIpc) is 3.49. The molecule has 4 heterocycles. The largest absolute Gasteiger partial charge is 0.376 e. The number of aromatic nitrogens is 2. The molecule has 5 rings (SSSR count). The maximum absolute atomic E-state index is 5.99. The van der Waals surface area contributed by atoms with E-state index in [0.29, 0.717) is 6.04 Å². The zero-order valence-corrected chi connectivity index (χ0v) is 19.5. The fourth-order valence-corrected chi connectivity index (χ4v) is 6.27. The Morgan fingerprint density at radius 1 is 1.13 bits per heavy atom. The predicted octanol–water partition coefficient (Wildman–Crippen LogP) is 5.16. The van der Waals surface area contributed by atoms with Gasteiger partial charge in [-0.2, -0.15) is 0 Å². The van der Waals surface area contributed by atoms with E-state index in [2.05, 4.69) is 46.8 Å². The van der Waals surface area contributed by atoms with E-state index in [1.54, 1.807) is 0 Å². The highest BCUT2D eigenvalue weighted by Gasteiger charge is 2.42. The number of hydrogen-bond acceptors (Lipinski definition) is 3. The summed E-state index contributed by atoms with van der Waals surface area (Å²) >= 11 is 5.86.